The highest BCUT2D eigenvalue weighted by Crippen LogP contribution is 2.68. The molecule has 0 amide bonds. The largest absolute Gasteiger partial charge is 0.298 e. The Morgan fingerprint density at radius 1 is 0.758 bits per heavy atom. The summed E-state index contributed by atoms with van der Waals surface area (Å²) in [7, 11) is 0. The van der Waals surface area contributed by atoms with E-state index >= 15 is 4.39 Å². The molecule has 4 aliphatic rings. The Kier molecular flexibility index (Phi) is 9.00. The van der Waals surface area contributed by atoms with Crippen LogP contribution in [0.2, 0.25) is 0 Å². The summed E-state index contributed by atoms with van der Waals surface area (Å²) in [6.45, 7) is 4.56. The second-order valence-electron chi connectivity index (χ2n) is 12.8. The maximum atomic E-state index is 16.2. The van der Waals surface area contributed by atoms with E-state index in [2.05, 4.69) is 13.8 Å². The molecule has 0 radical (unpaired) electrons. The van der Waals surface area contributed by atoms with Crippen molar-refractivity contribution < 1.29 is 9.18 Å². The zero-order valence-corrected chi connectivity index (χ0v) is 22.0. The van der Waals surface area contributed by atoms with Crippen LogP contribution in [0, 0.1) is 34.5 Å². The molecule has 4 aliphatic carbocycles. The number of unbranched alkanes of at least 4 members (excludes halogenated alkanes) is 5. The number of ketones is 1. The highest BCUT2D eigenvalue weighted by atomic mass is 19.1. The molecule has 2 spiro atoms. The van der Waals surface area contributed by atoms with Crippen LogP contribution in [0.25, 0.3) is 0 Å². The molecule has 0 heterocycles. The van der Waals surface area contributed by atoms with Gasteiger partial charge in [-0.15, -0.1) is 0 Å². The molecule has 0 aromatic rings. The first-order valence-corrected chi connectivity index (χ1v) is 15.3. The molecule has 190 valence electrons. The van der Waals surface area contributed by atoms with E-state index in [4.69, 9.17) is 0 Å². The third-order valence-corrected chi connectivity index (χ3v) is 11.0. The van der Waals surface area contributed by atoms with Crippen LogP contribution in [0.3, 0.4) is 0 Å². The van der Waals surface area contributed by atoms with E-state index in [0.29, 0.717) is 11.7 Å². The fourth-order valence-corrected chi connectivity index (χ4v) is 8.98. The van der Waals surface area contributed by atoms with Crippen LogP contribution in [-0.4, -0.2) is 12.0 Å². The Morgan fingerprint density at radius 3 is 2.09 bits per heavy atom. The van der Waals surface area contributed by atoms with Crippen molar-refractivity contribution in [3.05, 3.63) is 0 Å². The van der Waals surface area contributed by atoms with Gasteiger partial charge in [0.1, 0.15) is 6.17 Å². The predicted octanol–water partition coefficient (Wildman–Crippen LogP) is 9.62. The molecule has 0 N–H and O–H groups in total. The number of carbonyl (C=O) groups excluding carboxylic acids is 1. The Hall–Kier alpha value is -0.400. The van der Waals surface area contributed by atoms with E-state index in [1.54, 1.807) is 0 Å². The maximum Gasteiger partial charge on any atom is 0.151 e. The summed E-state index contributed by atoms with van der Waals surface area (Å²) in [6.07, 6.45) is 24.6. The van der Waals surface area contributed by atoms with Gasteiger partial charge in [-0.05, 0) is 75.0 Å². The summed E-state index contributed by atoms with van der Waals surface area (Å²) in [6, 6.07) is 0. The van der Waals surface area contributed by atoms with Crippen LogP contribution in [-0.2, 0) is 4.79 Å². The van der Waals surface area contributed by atoms with E-state index in [1.165, 1.54) is 83.5 Å². The van der Waals surface area contributed by atoms with Gasteiger partial charge in [0, 0.05) is 0 Å². The summed E-state index contributed by atoms with van der Waals surface area (Å²) in [5.74, 6) is 3.28. The van der Waals surface area contributed by atoms with Gasteiger partial charge < -0.3 is 0 Å². The van der Waals surface area contributed by atoms with Crippen LogP contribution >= 0.6 is 0 Å². The first-order valence-electron chi connectivity index (χ1n) is 15.3. The number of halogens is 1. The molecule has 1 unspecified atom stereocenters. The zero-order chi connectivity index (χ0) is 23.3. The van der Waals surface area contributed by atoms with Crippen molar-refractivity contribution >= 4 is 5.78 Å². The van der Waals surface area contributed by atoms with Gasteiger partial charge in [-0.25, -0.2) is 4.39 Å². The average Bonchev–Trinajstić information content (AvgIpc) is 2.87. The summed E-state index contributed by atoms with van der Waals surface area (Å²) < 4.78 is 16.2. The molecule has 4 fully saturated rings. The van der Waals surface area contributed by atoms with Gasteiger partial charge in [-0.3, -0.25) is 4.79 Å². The normalized spacial score (nSPS) is 38.5. The SMILES string of the molecule is CCCCCC[C@H]1CC(C2CCC(CCCCC)CC2)CC[C@]12C(=O)C1(CCCCC1)[C@H]2F. The minimum absolute atomic E-state index is 0.324. The van der Waals surface area contributed by atoms with Crippen molar-refractivity contribution in [2.75, 3.05) is 0 Å². The van der Waals surface area contributed by atoms with E-state index in [9.17, 15) is 4.79 Å². The number of hydrogen-bond donors (Lipinski definition) is 0. The van der Waals surface area contributed by atoms with Crippen LogP contribution in [0.4, 0.5) is 4.39 Å². The van der Waals surface area contributed by atoms with Gasteiger partial charge in [-0.1, -0.05) is 97.3 Å². The van der Waals surface area contributed by atoms with Crippen molar-refractivity contribution in [2.45, 2.75) is 155 Å². The molecular weight excluding hydrogens is 407 g/mol. The third-order valence-electron chi connectivity index (χ3n) is 11.0. The van der Waals surface area contributed by atoms with Gasteiger partial charge in [0.05, 0.1) is 10.8 Å². The highest BCUT2D eigenvalue weighted by Gasteiger charge is 2.73. The summed E-state index contributed by atoms with van der Waals surface area (Å²) in [5.41, 5.74) is -1.15. The molecule has 2 heteroatoms. The number of carbonyl (C=O) groups is 1. The topological polar surface area (TPSA) is 17.1 Å². The predicted molar refractivity (Wildman–Crippen MR) is 137 cm³/mol. The number of hydrogen-bond acceptors (Lipinski definition) is 1. The van der Waals surface area contributed by atoms with Gasteiger partial charge in [0.15, 0.2) is 5.78 Å². The molecule has 0 aromatic heterocycles. The van der Waals surface area contributed by atoms with E-state index in [-0.39, 0.29) is 0 Å². The molecule has 0 bridgehead atoms. The molecule has 0 aliphatic heterocycles. The van der Waals surface area contributed by atoms with Crippen LogP contribution in [0.15, 0.2) is 0 Å². The lowest BCUT2D eigenvalue weighted by atomic mass is 9.39. The van der Waals surface area contributed by atoms with Crippen LogP contribution in [0.5, 0.6) is 0 Å². The molecule has 4 rings (SSSR count). The molecule has 4 atom stereocenters. The first-order chi connectivity index (χ1) is 16.1. The number of alkyl halides is 1. The Balaban J connectivity index is 1.39. The van der Waals surface area contributed by atoms with Crippen molar-refractivity contribution in [1.29, 1.82) is 0 Å². The molecule has 4 saturated carbocycles. The van der Waals surface area contributed by atoms with E-state index < -0.39 is 17.0 Å². The smallest absolute Gasteiger partial charge is 0.151 e. The molecule has 0 saturated heterocycles. The number of Topliss-reactive ketones (excluding diaryl/α,β-unsaturated/α-hetero) is 1. The average molecular weight is 461 g/mol. The maximum absolute atomic E-state index is 16.2. The summed E-state index contributed by atoms with van der Waals surface area (Å²) >= 11 is 0. The first kappa shape index (κ1) is 25.7. The van der Waals surface area contributed by atoms with Crippen LogP contribution < -0.4 is 0 Å². The zero-order valence-electron chi connectivity index (χ0n) is 22.0. The second-order valence-corrected chi connectivity index (χ2v) is 12.8. The lowest BCUT2D eigenvalue weighted by Gasteiger charge is -2.64. The Labute approximate surface area is 204 Å². The standard InChI is InChI=1S/C31H53FO/c1-3-5-7-10-14-27-23-26(25-17-15-24(16-18-25)13-9-6-4-2)19-22-31(27)28(32)30(29(31)33)20-11-8-12-21-30/h24-28H,3-23H2,1-2H3/t24?,25?,26?,27-,28+,31-/m0/s1. The van der Waals surface area contributed by atoms with Gasteiger partial charge in [0.2, 0.25) is 0 Å². The quantitative estimate of drug-likeness (QED) is 0.296. The summed E-state index contributed by atoms with van der Waals surface area (Å²) in [4.78, 5) is 13.8. The highest BCUT2D eigenvalue weighted by molar-refractivity contribution is 5.99. The Morgan fingerprint density at radius 2 is 1.42 bits per heavy atom. The fourth-order valence-electron chi connectivity index (χ4n) is 8.98. The van der Waals surface area contributed by atoms with Crippen LogP contribution in [0.1, 0.15) is 149 Å². The van der Waals surface area contributed by atoms with Gasteiger partial charge >= 0.3 is 0 Å². The van der Waals surface area contributed by atoms with Crippen molar-refractivity contribution in [2.24, 2.45) is 34.5 Å². The van der Waals surface area contributed by atoms with Gasteiger partial charge in [0.25, 0.3) is 0 Å². The van der Waals surface area contributed by atoms with E-state index in [0.717, 1.165) is 69.1 Å². The van der Waals surface area contributed by atoms with Gasteiger partial charge in [-0.2, -0.15) is 0 Å². The van der Waals surface area contributed by atoms with Crippen molar-refractivity contribution in [3.63, 3.8) is 0 Å². The molecule has 33 heavy (non-hydrogen) atoms. The third kappa shape index (κ3) is 4.97. The van der Waals surface area contributed by atoms with E-state index in [1.807, 2.05) is 0 Å². The van der Waals surface area contributed by atoms with Crippen molar-refractivity contribution in [3.8, 4) is 0 Å². The molecule has 0 aromatic carbocycles. The lowest BCUT2D eigenvalue weighted by molar-refractivity contribution is -0.205. The minimum Gasteiger partial charge on any atom is -0.298 e. The summed E-state index contributed by atoms with van der Waals surface area (Å²) in [5, 5.41) is 0. The van der Waals surface area contributed by atoms with Crippen molar-refractivity contribution in [1.82, 2.24) is 0 Å². The fraction of sp³-hybridized carbons (Fsp3) is 0.968. The number of rotatable bonds is 10. The Bertz CT molecular complexity index is 614. The molecular formula is C31H53FO. The lowest BCUT2D eigenvalue weighted by Crippen LogP contribution is -2.71. The second kappa shape index (κ2) is 11.6. The minimum atomic E-state index is -0.843. The monoisotopic (exact) mass is 460 g/mol. The molecule has 1 nitrogen and oxygen atoms in total.